The van der Waals surface area contributed by atoms with Crippen LogP contribution in [-0.2, 0) is 63.1 Å². The average molecular weight is 1130 g/mol. The van der Waals surface area contributed by atoms with Gasteiger partial charge in [-0.15, -0.1) is 10.2 Å². The lowest BCUT2D eigenvalue weighted by Gasteiger charge is -2.20. The van der Waals surface area contributed by atoms with Gasteiger partial charge in [0.05, 0.1) is 50.7 Å². The van der Waals surface area contributed by atoms with Crippen molar-refractivity contribution in [3.63, 3.8) is 0 Å². The number of nitrogens with two attached hydrogens (primary N) is 1. The molecule has 2 fully saturated rings. The summed E-state index contributed by atoms with van der Waals surface area (Å²) in [5.41, 5.74) is 5.09. The molecule has 4 heterocycles. The molecule has 0 saturated carbocycles. The molecule has 78 heavy (non-hydrogen) atoms. The number of aryl methyl sites for hydroxylation is 1. The summed E-state index contributed by atoms with van der Waals surface area (Å²) >= 11 is 2.40. The third kappa shape index (κ3) is 17.9. The normalized spacial score (nSPS) is 18.9. The Balaban J connectivity index is 0.880. The molecule has 6 rings (SSSR count). The lowest BCUT2D eigenvalue weighted by Crippen LogP contribution is -2.50. The second-order valence-corrected chi connectivity index (χ2v) is 20.9. The third-order valence-electron chi connectivity index (χ3n) is 12.9. The van der Waals surface area contributed by atoms with Crippen LogP contribution in [0, 0.1) is 0 Å². The van der Waals surface area contributed by atoms with Crippen molar-refractivity contribution in [1.29, 1.82) is 0 Å². The van der Waals surface area contributed by atoms with Crippen LogP contribution in [0.2, 0.25) is 0 Å². The molecule has 0 aliphatic carbocycles. The number of aromatic nitrogens is 1. The number of amides is 7. The first kappa shape index (κ1) is 61.0. The first-order chi connectivity index (χ1) is 37.5. The van der Waals surface area contributed by atoms with Crippen molar-refractivity contribution in [3.05, 3.63) is 88.7 Å². The Morgan fingerprint density at radius 3 is 2.21 bits per heavy atom. The number of nitrogens with zero attached hydrogens (tertiary/aromatic N) is 4. The van der Waals surface area contributed by atoms with Gasteiger partial charge in [-0.2, -0.15) is 24.9 Å². The summed E-state index contributed by atoms with van der Waals surface area (Å²) < 4.78 is 63.3. The molecule has 0 spiro atoms. The predicted molar refractivity (Wildman–Crippen MR) is 282 cm³/mol. The van der Waals surface area contributed by atoms with E-state index in [4.69, 9.17) is 24.7 Å². The number of thioether (sulfide) groups is 2. The monoisotopic (exact) mass is 1130 g/mol. The van der Waals surface area contributed by atoms with Crippen LogP contribution in [0.4, 0.5) is 18.0 Å². The number of ether oxygens (including phenoxy) is 4. The Morgan fingerprint density at radius 2 is 1.58 bits per heavy atom. The van der Waals surface area contributed by atoms with E-state index in [0.29, 0.717) is 98.5 Å². The molecule has 7 N–H and O–H groups in total. The topological polar surface area (TPSA) is 292 Å². The van der Waals surface area contributed by atoms with Crippen LogP contribution in [-0.4, -0.2) is 156 Å². The van der Waals surface area contributed by atoms with Crippen LogP contribution < -0.4 is 31.7 Å². The first-order valence-electron chi connectivity index (χ1n) is 25.8. The molecule has 424 valence electrons. The molecule has 26 heteroatoms. The standard InChI is InChI=1S/C52H66F3N9O12S2/c1-2-34-30-59-37(28-41(34)66)17-22-76-38-15-9-33(10-16-38)27-43-49(71)64(50(72)78-43)45(68)29-39(61-47(69)35-11-13-36(14-12-35)51(62-63-51)52(53,54)55)48(70)58-19-6-21-74-24-26-75-25-23-73-20-5-18-57-44(67)8-4-3-7-42-46(56)40(31-77-42)60-32-65/h9-16,28,30,32,39-40,42-43,46H,2-8,17-27,29,31,56H2,1H3,(H,57,67)(H,58,70)(H,59,66)(H,60,65)(H,61,69)/t39-,40+,42+,43?,46+/m1/s1. The zero-order valence-electron chi connectivity index (χ0n) is 43.1. The predicted octanol–water partition coefficient (Wildman–Crippen LogP) is 4.65. The molecule has 1 aromatic heterocycles. The van der Waals surface area contributed by atoms with E-state index in [-0.39, 0.29) is 79.5 Å². The Labute approximate surface area is 457 Å². The van der Waals surface area contributed by atoms with Crippen LogP contribution in [0.1, 0.15) is 84.6 Å². The van der Waals surface area contributed by atoms with Crippen molar-refractivity contribution in [1.82, 2.24) is 31.2 Å². The van der Waals surface area contributed by atoms with E-state index < -0.39 is 58.4 Å². The summed E-state index contributed by atoms with van der Waals surface area (Å²) in [5.74, 6) is -2.13. The second kappa shape index (κ2) is 30.2. The van der Waals surface area contributed by atoms with Crippen LogP contribution in [0.5, 0.6) is 11.5 Å². The summed E-state index contributed by atoms with van der Waals surface area (Å²) in [6.45, 7) is 4.52. The van der Waals surface area contributed by atoms with Crippen LogP contribution >= 0.6 is 23.5 Å². The highest BCUT2D eigenvalue weighted by molar-refractivity contribution is 8.15. The number of hydrogen-bond donors (Lipinski definition) is 6. The third-order valence-corrected chi connectivity index (χ3v) is 15.5. The maximum atomic E-state index is 13.7. The fourth-order valence-electron chi connectivity index (χ4n) is 8.36. The number of rotatable bonds is 34. The van der Waals surface area contributed by atoms with Gasteiger partial charge in [-0.25, -0.2) is 4.90 Å². The Bertz CT molecular complexity index is 2540. The number of aromatic hydroxyl groups is 1. The van der Waals surface area contributed by atoms with Gasteiger partial charge < -0.3 is 51.1 Å². The Kier molecular flexibility index (Phi) is 23.7. The lowest BCUT2D eigenvalue weighted by atomic mass is 10.0. The summed E-state index contributed by atoms with van der Waals surface area (Å²) in [7, 11) is 0. The molecule has 5 atom stereocenters. The minimum absolute atomic E-state index is 0.00871. The van der Waals surface area contributed by atoms with Crippen LogP contribution in [0.25, 0.3) is 0 Å². The lowest BCUT2D eigenvalue weighted by molar-refractivity contribution is -0.166. The van der Waals surface area contributed by atoms with E-state index in [0.717, 1.165) is 54.8 Å². The largest absolute Gasteiger partial charge is 0.508 e. The number of hydrogen-bond acceptors (Lipinski definition) is 18. The number of nitrogens with one attached hydrogen (secondary N) is 4. The maximum Gasteiger partial charge on any atom is 0.442 e. The molecule has 2 aromatic carbocycles. The second-order valence-electron chi connectivity index (χ2n) is 18.5. The Morgan fingerprint density at radius 1 is 0.910 bits per heavy atom. The van der Waals surface area contributed by atoms with Crippen molar-refractivity contribution in [3.8, 4) is 11.5 Å². The van der Waals surface area contributed by atoms with E-state index in [1.165, 1.54) is 0 Å². The van der Waals surface area contributed by atoms with Crippen molar-refractivity contribution < 1.29 is 70.8 Å². The number of carbonyl (C=O) groups excluding carboxylic acids is 7. The number of halogens is 3. The number of imide groups is 3. The molecule has 21 nitrogen and oxygen atoms in total. The van der Waals surface area contributed by atoms with E-state index in [9.17, 15) is 51.8 Å². The van der Waals surface area contributed by atoms with Gasteiger partial charge >= 0.3 is 11.8 Å². The summed E-state index contributed by atoms with van der Waals surface area (Å²) in [6.07, 6.45) is 1.79. The van der Waals surface area contributed by atoms with E-state index >= 15 is 0 Å². The van der Waals surface area contributed by atoms with Crippen molar-refractivity contribution in [2.24, 2.45) is 16.0 Å². The number of carbonyl (C=O) groups is 7. The molecule has 3 aromatic rings. The maximum absolute atomic E-state index is 13.7. The number of alkyl halides is 3. The highest BCUT2D eigenvalue weighted by Gasteiger charge is 2.65. The van der Waals surface area contributed by atoms with Gasteiger partial charge in [-0.05, 0) is 68.4 Å². The van der Waals surface area contributed by atoms with Crippen LogP contribution in [0.3, 0.4) is 0 Å². The summed E-state index contributed by atoms with van der Waals surface area (Å²) in [4.78, 5) is 95.0. The van der Waals surface area contributed by atoms with E-state index in [1.54, 1.807) is 48.3 Å². The zero-order chi connectivity index (χ0) is 56.1. The first-order valence-corrected chi connectivity index (χ1v) is 27.7. The summed E-state index contributed by atoms with van der Waals surface area (Å²) in [6, 6.07) is 10.9. The van der Waals surface area contributed by atoms with Gasteiger partial charge in [0.15, 0.2) is 0 Å². The van der Waals surface area contributed by atoms with Gasteiger partial charge in [0.25, 0.3) is 17.1 Å². The number of unbranched alkanes of at least 4 members (excludes halogenated alkanes) is 1. The van der Waals surface area contributed by atoms with Gasteiger partial charge in [-0.3, -0.25) is 38.5 Å². The van der Waals surface area contributed by atoms with Gasteiger partial charge in [-0.1, -0.05) is 49.4 Å². The fraction of sp³-hybridized carbons (Fsp3) is 0.538. The molecular formula is C52H66F3N9O12S2. The van der Waals surface area contributed by atoms with E-state index in [2.05, 4.69) is 36.5 Å². The minimum atomic E-state index is -4.80. The van der Waals surface area contributed by atoms with Gasteiger partial charge in [0.1, 0.15) is 17.5 Å². The molecule has 0 radical (unpaired) electrons. The smallest absolute Gasteiger partial charge is 0.442 e. The van der Waals surface area contributed by atoms with Crippen LogP contribution in [0.15, 0.2) is 71.0 Å². The minimum Gasteiger partial charge on any atom is -0.508 e. The highest BCUT2D eigenvalue weighted by atomic mass is 32.2. The highest BCUT2D eigenvalue weighted by Crippen LogP contribution is 2.52. The fourth-order valence-corrected chi connectivity index (χ4v) is 10.9. The van der Waals surface area contributed by atoms with E-state index in [1.807, 2.05) is 6.92 Å². The molecule has 2 saturated heterocycles. The van der Waals surface area contributed by atoms with Crippen molar-refractivity contribution >= 4 is 64.7 Å². The zero-order valence-corrected chi connectivity index (χ0v) is 44.8. The molecule has 1 unspecified atom stereocenters. The molecule has 3 aliphatic rings. The molecular weight excluding hydrogens is 1060 g/mol. The quantitative estimate of drug-likeness (QED) is 0.0350. The van der Waals surface area contributed by atoms with Crippen molar-refractivity contribution in [2.45, 2.75) is 112 Å². The number of benzene rings is 2. The number of pyridine rings is 1. The van der Waals surface area contributed by atoms with Gasteiger partial charge in [0, 0.05) is 90.8 Å². The average Bonchev–Trinajstić information content (AvgIpc) is 4.22. The molecule has 0 bridgehead atoms. The molecule has 7 amide bonds. The molecule has 3 aliphatic heterocycles. The van der Waals surface area contributed by atoms with Crippen molar-refractivity contribution in [2.75, 3.05) is 65.1 Å². The van der Waals surface area contributed by atoms with Gasteiger partial charge in [0.2, 0.25) is 24.1 Å². The summed E-state index contributed by atoms with van der Waals surface area (Å²) in [5, 5.41) is 25.6. The Hall–Kier alpha value is -6.19. The SMILES string of the molecule is CCc1cnc(CCOc2ccc(CC3SC(=O)N(C(=O)C[C@@H](NC(=O)c4ccc(C5(C(F)(F)F)N=N5)cc4)C(=O)NCCCOCCOCCOCCCNC(=O)CCCC[C@@H]4SC[C@H](NC=O)[C@@H]4N)C3=O)cc2)cc1O.